The van der Waals surface area contributed by atoms with Crippen LogP contribution in [-0.4, -0.2) is 11.5 Å². The second-order valence-electron chi connectivity index (χ2n) is 4.80. The average Bonchev–Trinajstić information content (AvgIpc) is 2.28. The van der Waals surface area contributed by atoms with Crippen molar-refractivity contribution in [1.82, 2.24) is 4.98 Å². The molecule has 2 nitrogen and oxygen atoms in total. The topological polar surface area (TPSA) is 38.9 Å². The Kier molecular flexibility index (Phi) is 3.43. The van der Waals surface area contributed by atoms with Crippen LogP contribution in [0.5, 0.6) is 0 Å². The van der Waals surface area contributed by atoms with Crippen molar-refractivity contribution in [2.24, 2.45) is 5.73 Å². The molecule has 0 radical (unpaired) electrons. The molecule has 0 bridgehead atoms. The molecule has 0 saturated heterocycles. The van der Waals surface area contributed by atoms with E-state index in [2.05, 4.69) is 39.0 Å². The minimum atomic E-state index is 0.728. The Balaban J connectivity index is 2.56. The number of aromatic nitrogens is 1. The molecule has 0 unspecified atom stereocenters. The van der Waals surface area contributed by atoms with E-state index in [-0.39, 0.29) is 0 Å². The van der Waals surface area contributed by atoms with E-state index in [0.29, 0.717) is 0 Å². The van der Waals surface area contributed by atoms with Crippen molar-refractivity contribution in [3.05, 3.63) is 40.6 Å². The Labute approximate surface area is 103 Å². The predicted octanol–water partition coefficient (Wildman–Crippen LogP) is 3.05. The van der Waals surface area contributed by atoms with Crippen molar-refractivity contribution in [2.45, 2.75) is 33.6 Å². The number of rotatable bonds is 3. The van der Waals surface area contributed by atoms with Gasteiger partial charge in [0, 0.05) is 11.1 Å². The Hall–Kier alpha value is -1.41. The van der Waals surface area contributed by atoms with Crippen molar-refractivity contribution in [3.63, 3.8) is 0 Å². The van der Waals surface area contributed by atoms with Gasteiger partial charge < -0.3 is 5.73 Å². The molecule has 0 fully saturated rings. The normalized spacial score (nSPS) is 11.1. The molecule has 2 N–H and O–H groups in total. The SMILES string of the molecule is Cc1cc(C)c2nc(CCCN)cc(C)c2c1. The van der Waals surface area contributed by atoms with E-state index >= 15 is 0 Å². The van der Waals surface area contributed by atoms with E-state index < -0.39 is 0 Å². The lowest BCUT2D eigenvalue weighted by Gasteiger charge is -2.09. The van der Waals surface area contributed by atoms with Gasteiger partial charge in [0.1, 0.15) is 0 Å². The van der Waals surface area contributed by atoms with Crippen LogP contribution in [0.4, 0.5) is 0 Å². The standard InChI is InChI=1S/C15H20N2/c1-10-7-12(3)15-14(8-10)11(2)9-13(17-15)5-4-6-16/h7-9H,4-6,16H2,1-3H3. The van der Waals surface area contributed by atoms with Gasteiger partial charge in [-0.15, -0.1) is 0 Å². The summed E-state index contributed by atoms with van der Waals surface area (Å²) in [5.41, 5.74) is 11.7. The quantitative estimate of drug-likeness (QED) is 0.877. The summed E-state index contributed by atoms with van der Waals surface area (Å²) in [6.45, 7) is 7.16. The first kappa shape index (κ1) is 12.1. The van der Waals surface area contributed by atoms with Crippen LogP contribution < -0.4 is 5.73 Å². The summed E-state index contributed by atoms with van der Waals surface area (Å²) in [7, 11) is 0. The molecular weight excluding hydrogens is 208 g/mol. The molecule has 2 rings (SSSR count). The molecule has 90 valence electrons. The summed E-state index contributed by atoms with van der Waals surface area (Å²) in [6, 6.07) is 6.61. The highest BCUT2D eigenvalue weighted by Crippen LogP contribution is 2.23. The largest absolute Gasteiger partial charge is 0.330 e. The first-order valence-corrected chi connectivity index (χ1v) is 6.19. The number of fused-ring (bicyclic) bond motifs is 1. The maximum absolute atomic E-state index is 5.55. The molecule has 0 spiro atoms. The van der Waals surface area contributed by atoms with Gasteiger partial charge in [-0.1, -0.05) is 11.6 Å². The van der Waals surface area contributed by atoms with Crippen LogP contribution in [0.3, 0.4) is 0 Å². The maximum atomic E-state index is 5.55. The van der Waals surface area contributed by atoms with E-state index in [1.165, 1.54) is 22.1 Å². The summed E-state index contributed by atoms with van der Waals surface area (Å²) < 4.78 is 0. The highest BCUT2D eigenvalue weighted by Gasteiger charge is 2.05. The fourth-order valence-electron chi connectivity index (χ4n) is 2.32. The highest BCUT2D eigenvalue weighted by atomic mass is 14.7. The second kappa shape index (κ2) is 4.84. The smallest absolute Gasteiger partial charge is 0.0737 e. The molecule has 0 aliphatic carbocycles. The van der Waals surface area contributed by atoms with Crippen molar-refractivity contribution < 1.29 is 0 Å². The number of nitrogens with zero attached hydrogens (tertiary/aromatic N) is 1. The van der Waals surface area contributed by atoms with Crippen LogP contribution in [0.15, 0.2) is 18.2 Å². The number of hydrogen-bond donors (Lipinski definition) is 1. The van der Waals surface area contributed by atoms with Crippen molar-refractivity contribution in [2.75, 3.05) is 6.54 Å². The predicted molar refractivity (Wildman–Crippen MR) is 73.3 cm³/mol. The average molecular weight is 228 g/mol. The van der Waals surface area contributed by atoms with Gasteiger partial charge in [-0.3, -0.25) is 4.98 Å². The van der Waals surface area contributed by atoms with Gasteiger partial charge in [-0.25, -0.2) is 0 Å². The molecule has 0 aliphatic heterocycles. The summed E-state index contributed by atoms with van der Waals surface area (Å²) in [6.07, 6.45) is 1.98. The van der Waals surface area contributed by atoms with E-state index in [9.17, 15) is 0 Å². The molecule has 0 amide bonds. The fraction of sp³-hybridized carbons (Fsp3) is 0.400. The van der Waals surface area contributed by atoms with Gasteiger partial charge in [-0.05, 0) is 63.4 Å². The van der Waals surface area contributed by atoms with E-state index in [1.54, 1.807) is 0 Å². The molecule has 2 aromatic rings. The lowest BCUT2D eigenvalue weighted by Crippen LogP contribution is -2.02. The molecule has 1 heterocycles. The van der Waals surface area contributed by atoms with Crippen LogP contribution in [0.1, 0.15) is 28.8 Å². The minimum Gasteiger partial charge on any atom is -0.330 e. The highest BCUT2D eigenvalue weighted by molar-refractivity contribution is 5.85. The van der Waals surface area contributed by atoms with Gasteiger partial charge >= 0.3 is 0 Å². The van der Waals surface area contributed by atoms with Crippen molar-refractivity contribution in [3.8, 4) is 0 Å². The number of pyridine rings is 1. The minimum absolute atomic E-state index is 0.728. The summed E-state index contributed by atoms with van der Waals surface area (Å²) in [5, 5.41) is 1.28. The Morgan fingerprint density at radius 1 is 1.06 bits per heavy atom. The van der Waals surface area contributed by atoms with Gasteiger partial charge in [0.2, 0.25) is 0 Å². The van der Waals surface area contributed by atoms with E-state index in [1.807, 2.05) is 0 Å². The summed E-state index contributed by atoms with van der Waals surface area (Å²) >= 11 is 0. The van der Waals surface area contributed by atoms with E-state index in [4.69, 9.17) is 10.7 Å². The summed E-state index contributed by atoms with van der Waals surface area (Å²) in [4.78, 5) is 4.76. The number of benzene rings is 1. The zero-order chi connectivity index (χ0) is 12.4. The molecular formula is C15H20N2. The van der Waals surface area contributed by atoms with Crippen LogP contribution in [0, 0.1) is 20.8 Å². The molecule has 2 heteroatoms. The number of aryl methyl sites for hydroxylation is 4. The van der Waals surface area contributed by atoms with E-state index in [0.717, 1.165) is 30.6 Å². The summed E-state index contributed by atoms with van der Waals surface area (Å²) in [5.74, 6) is 0. The third-order valence-electron chi connectivity index (χ3n) is 3.15. The first-order valence-electron chi connectivity index (χ1n) is 6.19. The fourth-order valence-corrected chi connectivity index (χ4v) is 2.32. The van der Waals surface area contributed by atoms with Crippen molar-refractivity contribution in [1.29, 1.82) is 0 Å². The lowest BCUT2D eigenvalue weighted by molar-refractivity contribution is 0.813. The van der Waals surface area contributed by atoms with Gasteiger partial charge in [0.05, 0.1) is 5.52 Å². The van der Waals surface area contributed by atoms with Gasteiger partial charge in [-0.2, -0.15) is 0 Å². The Morgan fingerprint density at radius 3 is 2.53 bits per heavy atom. The third kappa shape index (κ3) is 2.47. The maximum Gasteiger partial charge on any atom is 0.0737 e. The lowest BCUT2D eigenvalue weighted by atomic mass is 10.0. The second-order valence-corrected chi connectivity index (χ2v) is 4.80. The third-order valence-corrected chi connectivity index (χ3v) is 3.15. The van der Waals surface area contributed by atoms with Crippen LogP contribution in [-0.2, 0) is 6.42 Å². The molecule has 1 aromatic heterocycles. The molecule has 17 heavy (non-hydrogen) atoms. The molecule has 0 atom stereocenters. The zero-order valence-electron chi connectivity index (χ0n) is 10.9. The first-order chi connectivity index (χ1) is 8.11. The number of hydrogen-bond acceptors (Lipinski definition) is 2. The Morgan fingerprint density at radius 2 is 1.82 bits per heavy atom. The van der Waals surface area contributed by atoms with Gasteiger partial charge in [0.15, 0.2) is 0 Å². The molecule has 1 aromatic carbocycles. The van der Waals surface area contributed by atoms with Crippen LogP contribution >= 0.6 is 0 Å². The Bertz CT molecular complexity index is 544. The number of nitrogens with two attached hydrogens (primary N) is 1. The van der Waals surface area contributed by atoms with Crippen molar-refractivity contribution >= 4 is 10.9 Å². The molecule has 0 aliphatic rings. The monoisotopic (exact) mass is 228 g/mol. The van der Waals surface area contributed by atoms with Gasteiger partial charge in [0.25, 0.3) is 0 Å². The zero-order valence-corrected chi connectivity index (χ0v) is 10.9. The van der Waals surface area contributed by atoms with Crippen LogP contribution in [0.2, 0.25) is 0 Å². The van der Waals surface area contributed by atoms with Crippen LogP contribution in [0.25, 0.3) is 10.9 Å². The molecule has 0 saturated carbocycles.